The van der Waals surface area contributed by atoms with E-state index in [0.717, 1.165) is 0 Å². The maximum atomic E-state index is 13.6. The van der Waals surface area contributed by atoms with Crippen molar-refractivity contribution < 1.29 is 4.39 Å². The maximum Gasteiger partial charge on any atom is 0.254 e. The van der Waals surface area contributed by atoms with Crippen LogP contribution in [0, 0.1) is 12.7 Å². The van der Waals surface area contributed by atoms with Crippen LogP contribution in [-0.2, 0) is 0 Å². The average Bonchev–Trinajstić information content (AvgIpc) is 2.23. The van der Waals surface area contributed by atoms with E-state index >= 15 is 0 Å². The number of hydrogen-bond acceptors (Lipinski definition) is 2. The van der Waals surface area contributed by atoms with Crippen LogP contribution in [0.15, 0.2) is 29.3 Å². The summed E-state index contributed by atoms with van der Waals surface area (Å²) in [7, 11) is 0. The quantitative estimate of drug-likeness (QED) is 0.830. The summed E-state index contributed by atoms with van der Waals surface area (Å²) in [5, 5.41) is 0.309. The molecule has 0 bridgehead atoms. The molecule has 5 heteroatoms. The van der Waals surface area contributed by atoms with Crippen molar-refractivity contribution in [2.24, 2.45) is 0 Å². The van der Waals surface area contributed by atoms with Crippen LogP contribution in [0.4, 0.5) is 4.39 Å². The molecule has 0 aliphatic carbocycles. The summed E-state index contributed by atoms with van der Waals surface area (Å²) in [5.74, 6) is -0.492. The van der Waals surface area contributed by atoms with Gasteiger partial charge in [-0.25, -0.2) is 9.37 Å². The summed E-state index contributed by atoms with van der Waals surface area (Å²) >= 11 is 5.65. The van der Waals surface area contributed by atoms with Crippen LogP contribution >= 0.6 is 11.6 Å². The minimum absolute atomic E-state index is 0.271. The largest absolute Gasteiger partial charge is 0.313 e. The third kappa shape index (κ3) is 1.84. The van der Waals surface area contributed by atoms with Crippen molar-refractivity contribution in [1.82, 2.24) is 9.97 Å². The van der Waals surface area contributed by atoms with E-state index in [9.17, 15) is 9.18 Å². The second-order valence-electron chi connectivity index (χ2n) is 3.33. The Balaban J connectivity index is 2.68. The number of aromatic amines is 1. The molecular formula is C11H8ClFN2O. The van der Waals surface area contributed by atoms with Gasteiger partial charge in [0, 0.05) is 16.1 Å². The lowest BCUT2D eigenvalue weighted by molar-refractivity contribution is 0.630. The van der Waals surface area contributed by atoms with Gasteiger partial charge in [-0.15, -0.1) is 0 Å². The SMILES string of the molecule is Cc1c(-c2ccc(Cl)cc2F)nc[nH]c1=O. The first-order valence-electron chi connectivity index (χ1n) is 4.59. The first-order valence-corrected chi connectivity index (χ1v) is 4.97. The minimum atomic E-state index is -0.492. The molecule has 0 aliphatic heterocycles. The maximum absolute atomic E-state index is 13.6. The van der Waals surface area contributed by atoms with Crippen molar-refractivity contribution in [3.05, 3.63) is 51.3 Å². The van der Waals surface area contributed by atoms with Crippen LogP contribution in [0.1, 0.15) is 5.56 Å². The highest BCUT2D eigenvalue weighted by atomic mass is 35.5. The Kier molecular flexibility index (Phi) is 2.75. The van der Waals surface area contributed by atoms with E-state index in [1.165, 1.54) is 18.5 Å². The Bertz CT molecular complexity index is 595. The van der Waals surface area contributed by atoms with E-state index in [-0.39, 0.29) is 11.1 Å². The van der Waals surface area contributed by atoms with Gasteiger partial charge in [-0.05, 0) is 25.1 Å². The lowest BCUT2D eigenvalue weighted by Crippen LogP contribution is -2.11. The Morgan fingerprint density at radius 1 is 1.44 bits per heavy atom. The van der Waals surface area contributed by atoms with E-state index in [2.05, 4.69) is 9.97 Å². The number of hydrogen-bond donors (Lipinski definition) is 1. The first-order chi connectivity index (χ1) is 7.59. The van der Waals surface area contributed by atoms with Crippen molar-refractivity contribution in [3.63, 3.8) is 0 Å². The lowest BCUT2D eigenvalue weighted by atomic mass is 10.1. The molecular weight excluding hydrogens is 231 g/mol. The molecule has 0 saturated heterocycles. The molecule has 0 radical (unpaired) electrons. The fourth-order valence-electron chi connectivity index (χ4n) is 1.42. The highest BCUT2D eigenvalue weighted by molar-refractivity contribution is 6.30. The van der Waals surface area contributed by atoms with Crippen LogP contribution in [0.2, 0.25) is 5.02 Å². The second-order valence-corrected chi connectivity index (χ2v) is 3.77. The van der Waals surface area contributed by atoms with Gasteiger partial charge in [-0.3, -0.25) is 4.79 Å². The number of nitrogens with one attached hydrogen (secondary N) is 1. The van der Waals surface area contributed by atoms with Gasteiger partial charge in [0.25, 0.3) is 5.56 Å². The molecule has 1 N–H and O–H groups in total. The van der Waals surface area contributed by atoms with Gasteiger partial charge in [0.05, 0.1) is 12.0 Å². The van der Waals surface area contributed by atoms with E-state index in [4.69, 9.17) is 11.6 Å². The Labute approximate surface area is 95.9 Å². The standard InChI is InChI=1S/C11H8ClFN2O/c1-6-10(14-5-15-11(6)16)8-3-2-7(12)4-9(8)13/h2-5H,1H3,(H,14,15,16). The van der Waals surface area contributed by atoms with Crippen LogP contribution < -0.4 is 5.56 Å². The number of rotatable bonds is 1. The molecule has 82 valence electrons. The van der Waals surface area contributed by atoms with E-state index in [0.29, 0.717) is 16.3 Å². The molecule has 0 unspecified atom stereocenters. The molecule has 0 amide bonds. The van der Waals surface area contributed by atoms with Gasteiger partial charge in [-0.2, -0.15) is 0 Å². The molecule has 0 spiro atoms. The zero-order valence-corrected chi connectivity index (χ0v) is 9.18. The van der Waals surface area contributed by atoms with Gasteiger partial charge in [-0.1, -0.05) is 11.6 Å². The Morgan fingerprint density at radius 3 is 2.88 bits per heavy atom. The summed E-state index contributed by atoms with van der Waals surface area (Å²) in [4.78, 5) is 17.7. The summed E-state index contributed by atoms with van der Waals surface area (Å²) in [5.41, 5.74) is 0.703. The van der Waals surface area contributed by atoms with Gasteiger partial charge in [0.1, 0.15) is 5.82 Å². The molecule has 2 aromatic rings. The average molecular weight is 239 g/mol. The van der Waals surface area contributed by atoms with Crippen molar-refractivity contribution >= 4 is 11.6 Å². The molecule has 1 aromatic heterocycles. The Morgan fingerprint density at radius 2 is 2.19 bits per heavy atom. The van der Waals surface area contributed by atoms with Crippen LogP contribution in [0.5, 0.6) is 0 Å². The summed E-state index contributed by atoms with van der Waals surface area (Å²) in [6.45, 7) is 1.59. The normalized spacial score (nSPS) is 10.4. The minimum Gasteiger partial charge on any atom is -0.313 e. The second kappa shape index (κ2) is 4.06. The zero-order chi connectivity index (χ0) is 11.7. The molecule has 0 saturated carbocycles. The summed E-state index contributed by atoms with van der Waals surface area (Å²) < 4.78 is 13.6. The number of nitrogens with zero attached hydrogens (tertiary/aromatic N) is 1. The number of H-pyrrole nitrogens is 1. The lowest BCUT2D eigenvalue weighted by Gasteiger charge is -2.05. The van der Waals surface area contributed by atoms with E-state index < -0.39 is 5.82 Å². The Hall–Kier alpha value is -1.68. The van der Waals surface area contributed by atoms with Gasteiger partial charge in [0.2, 0.25) is 0 Å². The fraction of sp³-hybridized carbons (Fsp3) is 0.0909. The van der Waals surface area contributed by atoms with Crippen molar-refractivity contribution in [1.29, 1.82) is 0 Å². The third-order valence-electron chi connectivity index (χ3n) is 2.27. The van der Waals surface area contributed by atoms with Crippen molar-refractivity contribution in [2.45, 2.75) is 6.92 Å². The summed E-state index contributed by atoms with van der Waals surface area (Å²) in [6, 6.07) is 4.26. The van der Waals surface area contributed by atoms with E-state index in [1.54, 1.807) is 13.0 Å². The number of halogens is 2. The fourth-order valence-corrected chi connectivity index (χ4v) is 1.58. The highest BCUT2D eigenvalue weighted by Crippen LogP contribution is 2.24. The zero-order valence-electron chi connectivity index (χ0n) is 8.42. The topological polar surface area (TPSA) is 45.8 Å². The monoisotopic (exact) mass is 238 g/mol. The predicted molar refractivity (Wildman–Crippen MR) is 60.0 cm³/mol. The molecule has 0 fully saturated rings. The molecule has 1 heterocycles. The van der Waals surface area contributed by atoms with Gasteiger partial charge >= 0.3 is 0 Å². The van der Waals surface area contributed by atoms with Crippen molar-refractivity contribution in [3.8, 4) is 11.3 Å². The summed E-state index contributed by atoms with van der Waals surface area (Å²) in [6.07, 6.45) is 1.25. The van der Waals surface area contributed by atoms with E-state index in [1.807, 2.05) is 0 Å². The molecule has 16 heavy (non-hydrogen) atoms. The molecule has 0 aliphatic rings. The van der Waals surface area contributed by atoms with Crippen molar-refractivity contribution in [2.75, 3.05) is 0 Å². The number of benzene rings is 1. The number of aromatic nitrogens is 2. The van der Waals surface area contributed by atoms with Crippen LogP contribution in [0.3, 0.4) is 0 Å². The molecule has 2 rings (SSSR count). The first kappa shape index (κ1) is 10.8. The third-order valence-corrected chi connectivity index (χ3v) is 2.51. The molecule has 3 nitrogen and oxygen atoms in total. The molecule has 0 atom stereocenters. The molecule has 1 aromatic carbocycles. The highest BCUT2D eigenvalue weighted by Gasteiger charge is 2.11. The smallest absolute Gasteiger partial charge is 0.254 e. The predicted octanol–water partition coefficient (Wildman–Crippen LogP) is 2.54. The van der Waals surface area contributed by atoms with Gasteiger partial charge in [0.15, 0.2) is 0 Å². The van der Waals surface area contributed by atoms with Crippen LogP contribution in [0.25, 0.3) is 11.3 Å². The van der Waals surface area contributed by atoms with Crippen LogP contribution in [-0.4, -0.2) is 9.97 Å². The van der Waals surface area contributed by atoms with Gasteiger partial charge < -0.3 is 4.98 Å².